The smallest absolute Gasteiger partial charge is 0.195 e. The molecule has 1 heterocycles. The van der Waals surface area contributed by atoms with Crippen molar-refractivity contribution in [2.75, 3.05) is 13.2 Å². The molecular formula is C14H17ClN2O2. The zero-order valence-corrected chi connectivity index (χ0v) is 11.9. The number of carbonyl (C=O) groups is 1. The molecule has 0 N–H and O–H groups in total. The maximum Gasteiger partial charge on any atom is 0.195 e. The number of benzene rings is 1. The van der Waals surface area contributed by atoms with E-state index in [1.165, 1.54) is 6.92 Å². The van der Waals surface area contributed by atoms with Crippen molar-refractivity contribution in [2.24, 2.45) is 0 Å². The van der Waals surface area contributed by atoms with Crippen LogP contribution in [0.2, 0.25) is 5.02 Å². The van der Waals surface area contributed by atoms with Gasteiger partial charge in [0.2, 0.25) is 0 Å². The summed E-state index contributed by atoms with van der Waals surface area (Å²) in [6, 6.07) is 5.52. The Labute approximate surface area is 117 Å². The first-order valence-electron chi connectivity index (χ1n) is 6.38. The predicted octanol–water partition coefficient (Wildman–Crippen LogP) is 3.32. The summed E-state index contributed by atoms with van der Waals surface area (Å²) in [4.78, 5) is 16.0. The number of rotatable bonds is 6. The second-order valence-corrected chi connectivity index (χ2v) is 4.71. The summed E-state index contributed by atoms with van der Waals surface area (Å²) < 4.78 is 7.21. The van der Waals surface area contributed by atoms with Crippen LogP contribution in [0.5, 0.6) is 0 Å². The van der Waals surface area contributed by atoms with E-state index in [2.05, 4.69) is 4.98 Å². The minimum absolute atomic E-state index is 0.0522. The van der Waals surface area contributed by atoms with Crippen molar-refractivity contribution in [3.05, 3.63) is 29.0 Å². The van der Waals surface area contributed by atoms with Gasteiger partial charge in [0, 0.05) is 26.7 Å². The van der Waals surface area contributed by atoms with E-state index in [0.717, 1.165) is 17.5 Å². The van der Waals surface area contributed by atoms with Crippen LogP contribution in [0.3, 0.4) is 0 Å². The van der Waals surface area contributed by atoms with Crippen molar-refractivity contribution in [2.45, 2.75) is 26.8 Å². The van der Waals surface area contributed by atoms with Crippen LogP contribution in [-0.4, -0.2) is 28.5 Å². The molecule has 0 saturated carbocycles. The molecule has 0 radical (unpaired) electrons. The monoisotopic (exact) mass is 280 g/mol. The standard InChI is InChI=1S/C14H17ClN2O2/c1-3-19-9-5-8-17-13-11(15)6-4-7-12(13)16-14(17)10(2)18/h4,6-7H,3,5,8-9H2,1-2H3. The molecule has 0 amide bonds. The molecule has 0 unspecified atom stereocenters. The second kappa shape index (κ2) is 6.17. The number of Topliss-reactive ketones (excluding diaryl/α,β-unsaturated/α-hetero) is 1. The topological polar surface area (TPSA) is 44.1 Å². The van der Waals surface area contributed by atoms with E-state index in [1.54, 1.807) is 0 Å². The lowest BCUT2D eigenvalue weighted by molar-refractivity contribution is 0.0997. The molecule has 0 atom stereocenters. The Bertz CT molecular complexity index is 592. The molecule has 102 valence electrons. The number of ketones is 1. The van der Waals surface area contributed by atoms with Crippen molar-refractivity contribution in [3.63, 3.8) is 0 Å². The highest BCUT2D eigenvalue weighted by Gasteiger charge is 2.15. The summed E-state index contributed by atoms with van der Waals surface area (Å²) >= 11 is 6.22. The van der Waals surface area contributed by atoms with Crippen LogP contribution in [0.15, 0.2) is 18.2 Å². The number of hydrogen-bond donors (Lipinski definition) is 0. The zero-order chi connectivity index (χ0) is 13.8. The third-order valence-electron chi connectivity index (χ3n) is 2.91. The van der Waals surface area contributed by atoms with Crippen molar-refractivity contribution in [3.8, 4) is 0 Å². The lowest BCUT2D eigenvalue weighted by Crippen LogP contribution is -2.10. The SMILES string of the molecule is CCOCCCn1c(C(C)=O)nc2cccc(Cl)c21. The van der Waals surface area contributed by atoms with Crippen LogP contribution in [0.25, 0.3) is 11.0 Å². The number of nitrogens with zero attached hydrogens (tertiary/aromatic N) is 2. The number of aromatic nitrogens is 2. The van der Waals surface area contributed by atoms with E-state index in [9.17, 15) is 4.79 Å². The van der Waals surface area contributed by atoms with Crippen molar-refractivity contribution in [1.82, 2.24) is 9.55 Å². The molecule has 0 bridgehead atoms. The first-order chi connectivity index (χ1) is 9.15. The highest BCUT2D eigenvalue weighted by molar-refractivity contribution is 6.35. The fourth-order valence-electron chi connectivity index (χ4n) is 2.10. The number of halogens is 1. The van der Waals surface area contributed by atoms with E-state index < -0.39 is 0 Å². The molecule has 0 saturated heterocycles. The molecule has 5 heteroatoms. The van der Waals surface area contributed by atoms with Gasteiger partial charge in [0.1, 0.15) is 0 Å². The highest BCUT2D eigenvalue weighted by atomic mass is 35.5. The molecule has 2 rings (SSSR count). The number of para-hydroxylation sites is 1. The van der Waals surface area contributed by atoms with Gasteiger partial charge in [-0.1, -0.05) is 17.7 Å². The Kier molecular flexibility index (Phi) is 4.56. The number of fused-ring (bicyclic) bond motifs is 1. The predicted molar refractivity (Wildman–Crippen MR) is 75.9 cm³/mol. The van der Waals surface area contributed by atoms with Crippen molar-refractivity contribution in [1.29, 1.82) is 0 Å². The number of carbonyl (C=O) groups excluding carboxylic acids is 1. The van der Waals surface area contributed by atoms with E-state index in [0.29, 0.717) is 30.6 Å². The molecule has 1 aromatic heterocycles. The normalized spacial score (nSPS) is 11.1. The molecule has 2 aromatic rings. The number of hydrogen-bond acceptors (Lipinski definition) is 3. The Morgan fingerprint density at radius 1 is 1.47 bits per heavy atom. The summed E-state index contributed by atoms with van der Waals surface area (Å²) in [6.07, 6.45) is 0.824. The fourth-order valence-corrected chi connectivity index (χ4v) is 2.37. The lowest BCUT2D eigenvalue weighted by Gasteiger charge is -2.08. The lowest BCUT2D eigenvalue weighted by atomic mass is 10.3. The average Bonchev–Trinajstić information content (AvgIpc) is 2.75. The first-order valence-corrected chi connectivity index (χ1v) is 6.76. The summed E-state index contributed by atoms with van der Waals surface area (Å²) in [5.41, 5.74) is 1.58. The number of aryl methyl sites for hydroxylation is 1. The first kappa shape index (κ1) is 14.0. The van der Waals surface area contributed by atoms with Gasteiger partial charge in [-0.3, -0.25) is 4.79 Å². The average molecular weight is 281 g/mol. The summed E-state index contributed by atoms with van der Waals surface area (Å²) in [5, 5.41) is 0.619. The quantitative estimate of drug-likeness (QED) is 0.602. The van der Waals surface area contributed by atoms with Crippen LogP contribution in [-0.2, 0) is 11.3 Å². The molecule has 4 nitrogen and oxygen atoms in total. The van der Waals surface area contributed by atoms with Crippen LogP contribution in [0.1, 0.15) is 30.9 Å². The molecular weight excluding hydrogens is 264 g/mol. The van der Waals surface area contributed by atoms with E-state index >= 15 is 0 Å². The molecule has 0 spiro atoms. The fraction of sp³-hybridized carbons (Fsp3) is 0.429. The van der Waals surface area contributed by atoms with Crippen molar-refractivity contribution < 1.29 is 9.53 Å². The van der Waals surface area contributed by atoms with Gasteiger partial charge >= 0.3 is 0 Å². The maximum atomic E-state index is 11.7. The Hall–Kier alpha value is -1.39. The summed E-state index contributed by atoms with van der Waals surface area (Å²) in [6.45, 7) is 5.52. The molecule has 0 aliphatic carbocycles. The van der Waals surface area contributed by atoms with Gasteiger partial charge in [-0.25, -0.2) is 4.98 Å². The third-order valence-corrected chi connectivity index (χ3v) is 3.21. The second-order valence-electron chi connectivity index (χ2n) is 4.30. The molecule has 0 aliphatic rings. The van der Waals surface area contributed by atoms with E-state index in [4.69, 9.17) is 16.3 Å². The molecule has 1 aromatic carbocycles. The Morgan fingerprint density at radius 3 is 2.95 bits per heavy atom. The number of imidazole rings is 1. The van der Waals surface area contributed by atoms with Gasteiger partial charge in [0.05, 0.1) is 16.1 Å². The summed E-state index contributed by atoms with van der Waals surface area (Å²) in [5.74, 6) is 0.406. The van der Waals surface area contributed by atoms with Crippen LogP contribution in [0, 0.1) is 0 Å². The van der Waals surface area contributed by atoms with Gasteiger partial charge in [-0.15, -0.1) is 0 Å². The molecule has 0 fully saturated rings. The zero-order valence-electron chi connectivity index (χ0n) is 11.1. The molecule has 0 aliphatic heterocycles. The van der Waals surface area contributed by atoms with Gasteiger partial charge < -0.3 is 9.30 Å². The van der Waals surface area contributed by atoms with Gasteiger partial charge in [0.25, 0.3) is 0 Å². The maximum absolute atomic E-state index is 11.7. The Morgan fingerprint density at radius 2 is 2.26 bits per heavy atom. The van der Waals surface area contributed by atoms with Crippen molar-refractivity contribution >= 4 is 28.4 Å². The van der Waals surface area contributed by atoms with Gasteiger partial charge in [-0.05, 0) is 25.5 Å². The molecule has 19 heavy (non-hydrogen) atoms. The van der Waals surface area contributed by atoms with Gasteiger partial charge in [-0.2, -0.15) is 0 Å². The minimum atomic E-state index is -0.0522. The van der Waals surface area contributed by atoms with Crippen LogP contribution in [0.4, 0.5) is 0 Å². The van der Waals surface area contributed by atoms with Crippen LogP contribution >= 0.6 is 11.6 Å². The van der Waals surface area contributed by atoms with Gasteiger partial charge in [0.15, 0.2) is 11.6 Å². The largest absolute Gasteiger partial charge is 0.382 e. The number of ether oxygens (including phenoxy) is 1. The van der Waals surface area contributed by atoms with E-state index in [1.807, 2.05) is 29.7 Å². The highest BCUT2D eigenvalue weighted by Crippen LogP contribution is 2.25. The van der Waals surface area contributed by atoms with E-state index in [-0.39, 0.29) is 5.78 Å². The Balaban J connectivity index is 2.37. The summed E-state index contributed by atoms with van der Waals surface area (Å²) in [7, 11) is 0. The third kappa shape index (κ3) is 2.96. The minimum Gasteiger partial charge on any atom is -0.382 e. The van der Waals surface area contributed by atoms with Crippen LogP contribution < -0.4 is 0 Å².